The van der Waals surface area contributed by atoms with Crippen LogP contribution in [0.3, 0.4) is 0 Å². The number of carbonyl (C=O) groups is 1. The fourth-order valence-electron chi connectivity index (χ4n) is 3.87. The largest absolute Gasteiger partial charge is 0.474 e. The molecule has 0 bridgehead atoms. The lowest BCUT2D eigenvalue weighted by molar-refractivity contribution is 0.0870. The Morgan fingerprint density at radius 1 is 1.06 bits per heavy atom. The van der Waals surface area contributed by atoms with Crippen LogP contribution in [-0.4, -0.2) is 83.4 Å². The molecule has 2 fully saturated rings. The lowest BCUT2D eigenvalue weighted by atomic mass is 10.1. The molecule has 0 unspecified atom stereocenters. The predicted molar refractivity (Wildman–Crippen MR) is 115 cm³/mol. The van der Waals surface area contributed by atoms with Gasteiger partial charge in [-0.3, -0.25) is 0 Å². The molecule has 1 amide bonds. The topological polar surface area (TPSA) is 94.1 Å². The third kappa shape index (κ3) is 5.16. The molecule has 4 rings (SSSR count). The molecule has 0 radical (unpaired) electrons. The number of aromatic nitrogens is 2. The van der Waals surface area contributed by atoms with Gasteiger partial charge in [0, 0.05) is 70.3 Å². The molecule has 2 saturated heterocycles. The van der Waals surface area contributed by atoms with Gasteiger partial charge in [-0.2, -0.15) is 0 Å². The van der Waals surface area contributed by atoms with Crippen LogP contribution in [0.25, 0.3) is 0 Å². The first-order valence-corrected chi connectivity index (χ1v) is 10.5. The van der Waals surface area contributed by atoms with Crippen molar-refractivity contribution in [1.82, 2.24) is 19.8 Å². The molecule has 3 heterocycles. The van der Waals surface area contributed by atoms with E-state index < -0.39 is 17.7 Å². The van der Waals surface area contributed by atoms with Gasteiger partial charge in [0.1, 0.15) is 29.9 Å². The summed E-state index contributed by atoms with van der Waals surface area (Å²) in [5.74, 6) is -0.536. The van der Waals surface area contributed by atoms with Crippen molar-refractivity contribution in [2.45, 2.75) is 18.9 Å². The van der Waals surface area contributed by atoms with Gasteiger partial charge in [-0.1, -0.05) is 0 Å². The van der Waals surface area contributed by atoms with E-state index in [2.05, 4.69) is 20.2 Å². The number of nitrogens with zero attached hydrogens (tertiary/aromatic N) is 5. The van der Waals surface area contributed by atoms with E-state index in [0.717, 1.165) is 19.2 Å². The second-order valence-corrected chi connectivity index (χ2v) is 8.03. The second-order valence-electron chi connectivity index (χ2n) is 8.03. The second kappa shape index (κ2) is 9.51. The molecule has 0 saturated carbocycles. The standard InChI is InChI=1S/C21H26F2N6O3/c1-27-6-8-28(9-7-27)18-11-15(22)17(10-16(18)23)26-19-12-20(25-13-24-19)32-14-2-4-29(5-3-14)21(30)31/h10-14H,2-9H2,1H3,(H,30,31)(H,24,25,26). The van der Waals surface area contributed by atoms with Crippen LogP contribution in [0.4, 0.5) is 30.8 Å². The number of piperidine rings is 1. The van der Waals surface area contributed by atoms with E-state index in [0.29, 0.717) is 39.0 Å². The van der Waals surface area contributed by atoms with E-state index in [4.69, 9.17) is 9.84 Å². The lowest BCUT2D eigenvalue weighted by Crippen LogP contribution is -2.44. The Bertz CT molecular complexity index is 963. The summed E-state index contributed by atoms with van der Waals surface area (Å²) < 4.78 is 35.3. The summed E-state index contributed by atoms with van der Waals surface area (Å²) in [6.07, 6.45) is 1.26. The van der Waals surface area contributed by atoms with Gasteiger partial charge < -0.3 is 29.9 Å². The van der Waals surface area contributed by atoms with Crippen LogP contribution < -0.4 is 15.0 Å². The summed E-state index contributed by atoms with van der Waals surface area (Å²) in [4.78, 5) is 24.5. The van der Waals surface area contributed by atoms with Gasteiger partial charge in [0.15, 0.2) is 0 Å². The van der Waals surface area contributed by atoms with Crippen molar-refractivity contribution < 1.29 is 23.4 Å². The highest BCUT2D eigenvalue weighted by Gasteiger charge is 2.24. The molecular weight excluding hydrogens is 422 g/mol. The quantitative estimate of drug-likeness (QED) is 0.721. The maximum absolute atomic E-state index is 14.7. The van der Waals surface area contributed by atoms with Crippen LogP contribution in [0, 0.1) is 11.6 Å². The molecule has 11 heteroatoms. The van der Waals surface area contributed by atoms with Crippen LogP contribution in [0.15, 0.2) is 24.5 Å². The number of rotatable bonds is 5. The van der Waals surface area contributed by atoms with Gasteiger partial charge in [-0.15, -0.1) is 0 Å². The Kier molecular flexibility index (Phi) is 6.54. The zero-order chi connectivity index (χ0) is 22.7. The molecule has 0 spiro atoms. The van der Waals surface area contributed by atoms with Crippen LogP contribution >= 0.6 is 0 Å². The van der Waals surface area contributed by atoms with Crippen molar-refractivity contribution in [2.24, 2.45) is 0 Å². The normalized spacial score (nSPS) is 18.0. The molecule has 2 N–H and O–H groups in total. The highest BCUT2D eigenvalue weighted by Crippen LogP contribution is 2.29. The molecule has 0 atom stereocenters. The first-order chi connectivity index (χ1) is 15.4. The number of likely N-dealkylation sites (tertiary alicyclic amines) is 1. The summed E-state index contributed by atoms with van der Waals surface area (Å²) in [7, 11) is 2.00. The van der Waals surface area contributed by atoms with Gasteiger partial charge >= 0.3 is 6.09 Å². The molecule has 2 aliphatic rings. The van der Waals surface area contributed by atoms with E-state index in [1.165, 1.54) is 23.4 Å². The fraction of sp³-hybridized carbons (Fsp3) is 0.476. The van der Waals surface area contributed by atoms with Crippen LogP contribution in [-0.2, 0) is 0 Å². The summed E-state index contributed by atoms with van der Waals surface area (Å²) in [5.41, 5.74) is 0.223. The van der Waals surface area contributed by atoms with E-state index in [-0.39, 0.29) is 29.2 Å². The molecule has 32 heavy (non-hydrogen) atoms. The number of benzene rings is 1. The molecule has 2 aliphatic heterocycles. The zero-order valence-corrected chi connectivity index (χ0v) is 17.8. The monoisotopic (exact) mass is 448 g/mol. The summed E-state index contributed by atoms with van der Waals surface area (Å²) in [6.45, 7) is 3.64. The fourth-order valence-corrected chi connectivity index (χ4v) is 3.87. The van der Waals surface area contributed by atoms with E-state index in [9.17, 15) is 13.6 Å². The predicted octanol–water partition coefficient (Wildman–Crippen LogP) is 2.77. The molecule has 1 aromatic carbocycles. The van der Waals surface area contributed by atoms with Crippen molar-refractivity contribution in [3.05, 3.63) is 36.2 Å². The Morgan fingerprint density at radius 3 is 2.47 bits per heavy atom. The number of hydrogen-bond acceptors (Lipinski definition) is 7. The first kappa shape index (κ1) is 22.0. The number of piperazine rings is 1. The number of ether oxygens (including phenoxy) is 1. The maximum Gasteiger partial charge on any atom is 0.407 e. The average molecular weight is 448 g/mol. The van der Waals surface area contributed by atoms with Crippen molar-refractivity contribution >= 4 is 23.3 Å². The average Bonchev–Trinajstić information content (AvgIpc) is 2.77. The number of nitrogens with one attached hydrogen (secondary N) is 1. The molecule has 2 aromatic rings. The number of halogens is 2. The molecule has 0 aliphatic carbocycles. The van der Waals surface area contributed by atoms with Crippen molar-refractivity contribution in [3.8, 4) is 5.88 Å². The highest BCUT2D eigenvalue weighted by atomic mass is 19.1. The number of anilines is 3. The Labute approximate surface area is 184 Å². The van der Waals surface area contributed by atoms with Crippen LogP contribution in [0.5, 0.6) is 5.88 Å². The number of likely N-dealkylation sites (N-methyl/N-ethyl adjacent to an activating group) is 1. The third-order valence-electron chi connectivity index (χ3n) is 5.79. The zero-order valence-electron chi connectivity index (χ0n) is 17.8. The number of carboxylic acid groups (broad SMARTS) is 1. The Balaban J connectivity index is 1.41. The smallest absolute Gasteiger partial charge is 0.407 e. The highest BCUT2D eigenvalue weighted by molar-refractivity contribution is 5.65. The van der Waals surface area contributed by atoms with Crippen LogP contribution in [0.2, 0.25) is 0 Å². The van der Waals surface area contributed by atoms with Crippen molar-refractivity contribution in [1.29, 1.82) is 0 Å². The van der Waals surface area contributed by atoms with Crippen molar-refractivity contribution in [3.63, 3.8) is 0 Å². The van der Waals surface area contributed by atoms with Gasteiger partial charge in [-0.05, 0) is 7.05 Å². The Morgan fingerprint density at radius 2 is 1.78 bits per heavy atom. The van der Waals surface area contributed by atoms with Gasteiger partial charge in [0.05, 0.1) is 11.4 Å². The van der Waals surface area contributed by atoms with Gasteiger partial charge in [-0.25, -0.2) is 23.5 Å². The number of hydrogen-bond donors (Lipinski definition) is 2. The SMILES string of the molecule is CN1CCN(c2cc(F)c(Nc3cc(OC4CCN(C(=O)O)CC4)ncn3)cc2F)CC1. The minimum absolute atomic E-state index is 0.0280. The molecular formula is C21H26F2N6O3. The first-order valence-electron chi connectivity index (χ1n) is 10.5. The van der Waals surface area contributed by atoms with Gasteiger partial charge in [0.25, 0.3) is 0 Å². The molecule has 9 nitrogen and oxygen atoms in total. The van der Waals surface area contributed by atoms with Crippen molar-refractivity contribution in [2.75, 3.05) is 56.5 Å². The van der Waals surface area contributed by atoms with E-state index in [1.807, 2.05) is 11.9 Å². The van der Waals surface area contributed by atoms with Gasteiger partial charge in [0.2, 0.25) is 5.88 Å². The van der Waals surface area contributed by atoms with Crippen LogP contribution in [0.1, 0.15) is 12.8 Å². The molecule has 172 valence electrons. The third-order valence-corrected chi connectivity index (χ3v) is 5.79. The summed E-state index contributed by atoms with van der Waals surface area (Å²) in [6, 6.07) is 3.85. The van der Waals surface area contributed by atoms with E-state index >= 15 is 0 Å². The minimum atomic E-state index is -0.940. The number of amides is 1. The maximum atomic E-state index is 14.7. The summed E-state index contributed by atoms with van der Waals surface area (Å²) >= 11 is 0. The Hall–Kier alpha value is -3.21. The summed E-state index contributed by atoms with van der Waals surface area (Å²) in [5, 5.41) is 11.8. The minimum Gasteiger partial charge on any atom is -0.474 e. The molecule has 1 aromatic heterocycles. The lowest BCUT2D eigenvalue weighted by Gasteiger charge is -2.34. The van der Waals surface area contributed by atoms with E-state index in [1.54, 1.807) is 0 Å².